The minimum absolute atomic E-state index is 0.118. The second-order valence-electron chi connectivity index (χ2n) is 5.38. The molecular formula is C14H14FN5O3. The maximum absolute atomic E-state index is 14.4. The topological polar surface area (TPSA) is 112 Å². The summed E-state index contributed by atoms with van der Waals surface area (Å²) in [5, 5.41) is 9.70. The Morgan fingerprint density at radius 1 is 1.48 bits per heavy atom. The molecule has 2 atom stereocenters. The van der Waals surface area contributed by atoms with E-state index in [0.717, 1.165) is 0 Å². The van der Waals surface area contributed by atoms with Gasteiger partial charge in [0.15, 0.2) is 0 Å². The summed E-state index contributed by atoms with van der Waals surface area (Å²) >= 11 is 0. The largest absolute Gasteiger partial charge is 0.443 e. The fourth-order valence-electron chi connectivity index (χ4n) is 2.56. The fourth-order valence-corrected chi connectivity index (χ4v) is 2.56. The molecule has 1 aromatic carbocycles. The Kier molecular flexibility index (Phi) is 3.47. The standard InChI is InChI=1S/C14H14FN5O3/c1-14(12(16)21,11-5-17-13(22)23-11)8-2-3-10(9(15)4-8)20-6-18-19-7-20/h2-4,6-7,11H,5H2,1H3,(H2,16,21)(H,17,22). The van der Waals surface area contributed by atoms with E-state index >= 15 is 0 Å². The third-order valence-electron chi connectivity index (χ3n) is 4.08. The third-order valence-corrected chi connectivity index (χ3v) is 4.08. The van der Waals surface area contributed by atoms with Gasteiger partial charge < -0.3 is 15.8 Å². The van der Waals surface area contributed by atoms with Gasteiger partial charge in [-0.15, -0.1) is 10.2 Å². The maximum atomic E-state index is 14.4. The summed E-state index contributed by atoms with van der Waals surface area (Å²) in [7, 11) is 0. The number of rotatable bonds is 4. The maximum Gasteiger partial charge on any atom is 0.407 e. The molecule has 0 saturated carbocycles. The number of amides is 2. The van der Waals surface area contributed by atoms with Gasteiger partial charge in [0.25, 0.3) is 0 Å². The van der Waals surface area contributed by atoms with E-state index in [1.54, 1.807) is 6.07 Å². The van der Waals surface area contributed by atoms with Gasteiger partial charge in [-0.3, -0.25) is 9.36 Å². The van der Waals surface area contributed by atoms with Gasteiger partial charge in [-0.25, -0.2) is 9.18 Å². The van der Waals surface area contributed by atoms with E-state index in [9.17, 15) is 14.0 Å². The summed E-state index contributed by atoms with van der Waals surface area (Å²) in [6, 6.07) is 4.25. The van der Waals surface area contributed by atoms with Crippen molar-refractivity contribution in [3.8, 4) is 5.69 Å². The zero-order valence-electron chi connectivity index (χ0n) is 12.2. The Morgan fingerprint density at radius 2 is 2.17 bits per heavy atom. The number of benzene rings is 1. The zero-order chi connectivity index (χ0) is 16.6. The Hall–Kier alpha value is -2.97. The molecule has 120 valence electrons. The molecule has 0 radical (unpaired) electrons. The highest BCUT2D eigenvalue weighted by atomic mass is 19.1. The first-order valence-electron chi connectivity index (χ1n) is 6.82. The fraction of sp³-hybridized carbons (Fsp3) is 0.286. The van der Waals surface area contributed by atoms with Crippen LogP contribution in [0, 0.1) is 5.82 Å². The van der Waals surface area contributed by atoms with Crippen molar-refractivity contribution in [2.75, 3.05) is 6.54 Å². The lowest BCUT2D eigenvalue weighted by molar-refractivity contribution is -0.126. The number of halogens is 1. The molecule has 2 heterocycles. The minimum Gasteiger partial charge on any atom is -0.443 e. The number of nitrogens with zero attached hydrogens (tertiary/aromatic N) is 3. The second-order valence-corrected chi connectivity index (χ2v) is 5.38. The molecule has 0 spiro atoms. The number of nitrogens with two attached hydrogens (primary N) is 1. The molecular weight excluding hydrogens is 305 g/mol. The predicted molar refractivity (Wildman–Crippen MR) is 76.1 cm³/mol. The van der Waals surface area contributed by atoms with Crippen molar-refractivity contribution < 1.29 is 18.7 Å². The lowest BCUT2D eigenvalue weighted by Crippen LogP contribution is -2.49. The molecule has 1 fully saturated rings. The van der Waals surface area contributed by atoms with Crippen LogP contribution in [-0.4, -0.2) is 39.4 Å². The van der Waals surface area contributed by atoms with Crippen LogP contribution in [0.3, 0.4) is 0 Å². The quantitative estimate of drug-likeness (QED) is 0.839. The Labute approximate surface area is 130 Å². The number of primary amides is 1. The van der Waals surface area contributed by atoms with Gasteiger partial charge in [-0.2, -0.15) is 0 Å². The van der Waals surface area contributed by atoms with Gasteiger partial charge >= 0.3 is 6.09 Å². The summed E-state index contributed by atoms with van der Waals surface area (Å²) < 4.78 is 20.9. The lowest BCUT2D eigenvalue weighted by atomic mass is 9.76. The Morgan fingerprint density at radius 3 is 2.70 bits per heavy atom. The summed E-state index contributed by atoms with van der Waals surface area (Å²) in [5.74, 6) is -1.29. The monoisotopic (exact) mass is 319 g/mol. The molecule has 1 aliphatic rings. The van der Waals surface area contributed by atoms with Crippen molar-refractivity contribution in [3.63, 3.8) is 0 Å². The molecule has 3 rings (SSSR count). The van der Waals surface area contributed by atoms with Crippen LogP contribution in [-0.2, 0) is 14.9 Å². The van der Waals surface area contributed by atoms with Crippen LogP contribution in [0.2, 0.25) is 0 Å². The summed E-state index contributed by atoms with van der Waals surface area (Å²) in [5.41, 5.74) is 4.70. The summed E-state index contributed by atoms with van der Waals surface area (Å²) in [6.45, 7) is 1.64. The first-order chi connectivity index (χ1) is 10.9. The molecule has 1 aromatic heterocycles. The van der Waals surface area contributed by atoms with Crippen LogP contribution in [0.1, 0.15) is 12.5 Å². The number of hydrogen-bond donors (Lipinski definition) is 2. The third kappa shape index (κ3) is 2.39. The van der Waals surface area contributed by atoms with E-state index in [1.807, 2.05) is 0 Å². The molecule has 1 saturated heterocycles. The van der Waals surface area contributed by atoms with Crippen molar-refractivity contribution in [3.05, 3.63) is 42.2 Å². The SMILES string of the molecule is CC(C(N)=O)(c1ccc(-n2cnnc2)c(F)c1)C1CNC(=O)O1. The van der Waals surface area contributed by atoms with Gasteiger partial charge in [0, 0.05) is 0 Å². The summed E-state index contributed by atoms with van der Waals surface area (Å²) in [4.78, 5) is 23.2. The minimum atomic E-state index is -1.36. The first-order valence-corrected chi connectivity index (χ1v) is 6.82. The van der Waals surface area contributed by atoms with E-state index in [2.05, 4.69) is 15.5 Å². The van der Waals surface area contributed by atoms with E-state index < -0.39 is 29.3 Å². The molecule has 2 unspecified atom stereocenters. The highest BCUT2D eigenvalue weighted by molar-refractivity contribution is 5.88. The summed E-state index contributed by atoms with van der Waals surface area (Å²) in [6.07, 6.45) is 1.26. The number of alkyl carbamates (subject to hydrolysis) is 1. The number of hydrogen-bond acceptors (Lipinski definition) is 5. The van der Waals surface area contributed by atoms with Gasteiger partial charge in [0.1, 0.15) is 30.0 Å². The average molecular weight is 319 g/mol. The molecule has 2 aromatic rings. The van der Waals surface area contributed by atoms with Crippen LogP contribution in [0.25, 0.3) is 5.69 Å². The molecule has 0 bridgehead atoms. The van der Waals surface area contributed by atoms with Crippen LogP contribution < -0.4 is 11.1 Å². The number of cyclic esters (lactones) is 1. The van der Waals surface area contributed by atoms with Crippen LogP contribution >= 0.6 is 0 Å². The number of carbonyl (C=O) groups is 2. The van der Waals surface area contributed by atoms with Crippen LogP contribution in [0.4, 0.5) is 9.18 Å². The van der Waals surface area contributed by atoms with Crippen LogP contribution in [0.5, 0.6) is 0 Å². The number of aromatic nitrogens is 3. The number of ether oxygens (including phenoxy) is 1. The van der Waals surface area contributed by atoms with Gasteiger partial charge in [0.2, 0.25) is 5.91 Å². The van der Waals surface area contributed by atoms with Crippen molar-refractivity contribution in [2.24, 2.45) is 5.73 Å². The predicted octanol–water partition coefficient (Wildman–Crippen LogP) is 0.258. The van der Waals surface area contributed by atoms with E-state index in [1.165, 1.54) is 36.3 Å². The lowest BCUT2D eigenvalue weighted by Gasteiger charge is -2.31. The van der Waals surface area contributed by atoms with Crippen molar-refractivity contribution in [2.45, 2.75) is 18.4 Å². The van der Waals surface area contributed by atoms with Crippen LogP contribution in [0.15, 0.2) is 30.9 Å². The number of nitrogens with one attached hydrogen (secondary N) is 1. The van der Waals surface area contributed by atoms with Crippen molar-refractivity contribution >= 4 is 12.0 Å². The first kappa shape index (κ1) is 14.9. The highest BCUT2D eigenvalue weighted by Gasteiger charge is 2.47. The molecule has 0 aliphatic carbocycles. The molecule has 9 heteroatoms. The van der Waals surface area contributed by atoms with E-state index in [4.69, 9.17) is 10.5 Å². The Balaban J connectivity index is 2.02. The normalized spacial score (nSPS) is 19.7. The second kappa shape index (κ2) is 5.34. The number of carbonyl (C=O) groups excluding carboxylic acids is 2. The molecule has 1 aliphatic heterocycles. The molecule has 2 amide bonds. The highest BCUT2D eigenvalue weighted by Crippen LogP contribution is 2.32. The van der Waals surface area contributed by atoms with E-state index in [-0.39, 0.29) is 12.2 Å². The van der Waals surface area contributed by atoms with Crippen molar-refractivity contribution in [1.82, 2.24) is 20.1 Å². The smallest absolute Gasteiger partial charge is 0.407 e. The van der Waals surface area contributed by atoms with Gasteiger partial charge in [0.05, 0.1) is 12.2 Å². The zero-order valence-corrected chi connectivity index (χ0v) is 12.2. The Bertz CT molecular complexity index is 764. The van der Waals surface area contributed by atoms with Gasteiger partial charge in [-0.1, -0.05) is 6.07 Å². The van der Waals surface area contributed by atoms with E-state index in [0.29, 0.717) is 5.56 Å². The molecule has 8 nitrogen and oxygen atoms in total. The average Bonchev–Trinajstić information content (AvgIpc) is 3.17. The molecule has 23 heavy (non-hydrogen) atoms. The molecule has 3 N–H and O–H groups in total. The van der Waals surface area contributed by atoms with Crippen molar-refractivity contribution in [1.29, 1.82) is 0 Å². The van der Waals surface area contributed by atoms with Gasteiger partial charge in [-0.05, 0) is 24.6 Å².